The van der Waals surface area contributed by atoms with Crippen LogP contribution in [0.15, 0.2) is 18.2 Å². The number of sulfonamides is 1. The van der Waals surface area contributed by atoms with Crippen molar-refractivity contribution in [3.05, 3.63) is 34.9 Å². The molecular weight excluding hydrogens is 356 g/mol. The van der Waals surface area contributed by atoms with Crippen LogP contribution in [-0.2, 0) is 29.3 Å². The second-order valence-corrected chi connectivity index (χ2v) is 9.73. The summed E-state index contributed by atoms with van der Waals surface area (Å²) in [6, 6.07) is 7.20. The van der Waals surface area contributed by atoms with Crippen LogP contribution >= 0.6 is 0 Å². The number of hydrogen-bond donors (Lipinski definition) is 1. The predicted octanol–water partition coefficient (Wildman–Crippen LogP) is 3.93. The van der Waals surface area contributed by atoms with E-state index in [0.29, 0.717) is 12.6 Å². The molecule has 5 heteroatoms. The Balaban J connectivity index is 2.02. The molecule has 0 saturated heterocycles. The zero-order chi connectivity index (χ0) is 19.7. The van der Waals surface area contributed by atoms with Crippen LogP contribution in [0.4, 0.5) is 0 Å². The first-order valence-corrected chi connectivity index (χ1v) is 12.5. The monoisotopic (exact) mass is 394 g/mol. The van der Waals surface area contributed by atoms with Crippen LogP contribution in [0.1, 0.15) is 69.6 Å². The number of nitrogens with one attached hydrogen (secondary N) is 1. The van der Waals surface area contributed by atoms with Gasteiger partial charge >= 0.3 is 0 Å². The van der Waals surface area contributed by atoms with Gasteiger partial charge in [-0.15, -0.1) is 0 Å². The third kappa shape index (κ3) is 6.88. The van der Waals surface area contributed by atoms with Crippen molar-refractivity contribution in [3.63, 3.8) is 0 Å². The molecule has 27 heavy (non-hydrogen) atoms. The maximum absolute atomic E-state index is 12.0. The summed E-state index contributed by atoms with van der Waals surface area (Å²) in [7, 11) is -3.13. The minimum Gasteiger partial charge on any atom is -0.300 e. The van der Waals surface area contributed by atoms with E-state index in [0.717, 1.165) is 32.1 Å². The fourth-order valence-electron chi connectivity index (χ4n) is 4.19. The summed E-state index contributed by atoms with van der Waals surface area (Å²) < 4.78 is 26.9. The molecule has 0 spiro atoms. The zero-order valence-electron chi connectivity index (χ0n) is 17.5. The maximum Gasteiger partial charge on any atom is 0.211 e. The third-order valence-electron chi connectivity index (χ3n) is 5.58. The summed E-state index contributed by atoms with van der Waals surface area (Å²) in [5, 5.41) is 0. The van der Waals surface area contributed by atoms with E-state index in [1.165, 1.54) is 49.0 Å². The van der Waals surface area contributed by atoms with E-state index in [1.54, 1.807) is 0 Å². The molecule has 4 nitrogen and oxygen atoms in total. The van der Waals surface area contributed by atoms with Crippen LogP contribution < -0.4 is 4.72 Å². The Kier molecular flexibility index (Phi) is 9.27. The van der Waals surface area contributed by atoms with E-state index in [9.17, 15) is 8.42 Å². The van der Waals surface area contributed by atoms with Crippen molar-refractivity contribution >= 4 is 10.0 Å². The smallest absolute Gasteiger partial charge is 0.211 e. The summed E-state index contributed by atoms with van der Waals surface area (Å²) in [5.41, 5.74) is 4.26. The molecule has 1 N–H and O–H groups in total. The molecule has 0 saturated carbocycles. The predicted molar refractivity (Wildman–Crippen MR) is 115 cm³/mol. The maximum atomic E-state index is 12.0. The Labute approximate surface area is 166 Å². The molecule has 0 heterocycles. The molecule has 1 atom stereocenters. The van der Waals surface area contributed by atoms with Gasteiger partial charge in [-0.1, -0.05) is 45.4 Å². The Morgan fingerprint density at radius 3 is 2.52 bits per heavy atom. The van der Waals surface area contributed by atoms with E-state index < -0.39 is 10.0 Å². The first-order valence-electron chi connectivity index (χ1n) is 10.8. The fraction of sp³-hybridized carbons (Fsp3) is 0.727. The van der Waals surface area contributed by atoms with Gasteiger partial charge in [-0.3, -0.25) is 0 Å². The molecule has 2 rings (SSSR count). The van der Waals surface area contributed by atoms with Gasteiger partial charge in [0.1, 0.15) is 0 Å². The van der Waals surface area contributed by atoms with E-state index in [1.807, 2.05) is 6.92 Å². The van der Waals surface area contributed by atoms with Crippen LogP contribution in [0.2, 0.25) is 0 Å². The number of nitrogens with zero attached hydrogens (tertiary/aromatic N) is 1. The first kappa shape index (κ1) is 22.4. The highest BCUT2D eigenvalue weighted by Gasteiger charge is 2.25. The van der Waals surface area contributed by atoms with E-state index >= 15 is 0 Å². The van der Waals surface area contributed by atoms with E-state index in [-0.39, 0.29) is 5.75 Å². The lowest BCUT2D eigenvalue weighted by molar-refractivity contribution is 0.179. The number of unbranched alkanes of at least 4 members (excludes halogenated alkanes) is 1. The third-order valence-corrected chi connectivity index (χ3v) is 7.05. The van der Waals surface area contributed by atoms with Crippen LogP contribution in [0.5, 0.6) is 0 Å². The number of aryl methyl sites for hydroxylation is 1. The lowest BCUT2D eigenvalue weighted by atomic mass is 9.84. The molecule has 1 aromatic carbocycles. The molecule has 0 bridgehead atoms. The molecule has 0 aliphatic heterocycles. The standard InChI is InChI=1S/C22H38N2O2S/c1-4-7-17-27(25,26)23-14-13-20-10-8-9-19-11-12-21(18-22(19)20)24(15-5-2)16-6-3/h8-10,21,23H,4-7,11-18H2,1-3H3. The van der Waals surface area contributed by atoms with Gasteiger partial charge in [-0.05, 0) is 74.7 Å². The van der Waals surface area contributed by atoms with Gasteiger partial charge in [0.25, 0.3) is 0 Å². The lowest BCUT2D eigenvalue weighted by Gasteiger charge is -2.36. The summed E-state index contributed by atoms with van der Waals surface area (Å²) in [5.74, 6) is 0.238. The zero-order valence-corrected chi connectivity index (χ0v) is 18.3. The van der Waals surface area contributed by atoms with Crippen molar-refractivity contribution in [3.8, 4) is 0 Å². The lowest BCUT2D eigenvalue weighted by Crippen LogP contribution is -2.40. The summed E-state index contributed by atoms with van der Waals surface area (Å²) in [6.45, 7) is 9.38. The minimum absolute atomic E-state index is 0.238. The van der Waals surface area contributed by atoms with Crippen molar-refractivity contribution in [2.24, 2.45) is 0 Å². The SMILES string of the molecule is CCCCS(=O)(=O)NCCc1cccc2c1CC(N(CCC)CCC)CC2. The van der Waals surface area contributed by atoms with Gasteiger partial charge in [0.2, 0.25) is 10.0 Å². The Bertz CT molecular complexity index is 667. The molecule has 0 aromatic heterocycles. The van der Waals surface area contributed by atoms with Gasteiger partial charge in [-0.25, -0.2) is 13.1 Å². The molecule has 1 unspecified atom stereocenters. The molecule has 1 aromatic rings. The molecular formula is C22H38N2O2S. The topological polar surface area (TPSA) is 49.4 Å². The average Bonchev–Trinajstić information content (AvgIpc) is 2.66. The van der Waals surface area contributed by atoms with Crippen molar-refractivity contribution in [2.45, 2.75) is 78.2 Å². The Morgan fingerprint density at radius 2 is 1.85 bits per heavy atom. The van der Waals surface area contributed by atoms with Crippen molar-refractivity contribution in [1.29, 1.82) is 0 Å². The Morgan fingerprint density at radius 1 is 1.11 bits per heavy atom. The Hall–Kier alpha value is -0.910. The molecule has 154 valence electrons. The fourth-order valence-corrected chi connectivity index (χ4v) is 5.42. The van der Waals surface area contributed by atoms with Crippen LogP contribution in [0.25, 0.3) is 0 Å². The van der Waals surface area contributed by atoms with Crippen molar-refractivity contribution < 1.29 is 8.42 Å². The minimum atomic E-state index is -3.13. The van der Waals surface area contributed by atoms with Crippen LogP contribution in [-0.4, -0.2) is 44.7 Å². The van der Waals surface area contributed by atoms with Gasteiger partial charge in [-0.2, -0.15) is 0 Å². The summed E-state index contributed by atoms with van der Waals surface area (Å²) in [4.78, 5) is 2.66. The molecule has 1 aliphatic rings. The summed E-state index contributed by atoms with van der Waals surface area (Å²) >= 11 is 0. The summed E-state index contributed by atoms with van der Waals surface area (Å²) in [6.07, 6.45) is 8.29. The van der Waals surface area contributed by atoms with Crippen molar-refractivity contribution in [2.75, 3.05) is 25.4 Å². The molecule has 1 aliphatic carbocycles. The highest BCUT2D eigenvalue weighted by atomic mass is 32.2. The number of rotatable bonds is 12. The van der Waals surface area contributed by atoms with E-state index in [4.69, 9.17) is 0 Å². The normalized spacial score (nSPS) is 17.3. The largest absolute Gasteiger partial charge is 0.300 e. The average molecular weight is 395 g/mol. The molecule has 0 fully saturated rings. The number of benzene rings is 1. The molecule has 0 amide bonds. The van der Waals surface area contributed by atoms with Gasteiger partial charge in [0.15, 0.2) is 0 Å². The van der Waals surface area contributed by atoms with Gasteiger partial charge in [0.05, 0.1) is 5.75 Å². The van der Waals surface area contributed by atoms with Crippen LogP contribution in [0.3, 0.4) is 0 Å². The second-order valence-electron chi connectivity index (χ2n) is 7.80. The van der Waals surface area contributed by atoms with E-state index in [2.05, 4.69) is 41.7 Å². The van der Waals surface area contributed by atoms with Gasteiger partial charge < -0.3 is 4.90 Å². The highest BCUT2D eigenvalue weighted by Crippen LogP contribution is 2.28. The second kappa shape index (κ2) is 11.2. The van der Waals surface area contributed by atoms with Crippen molar-refractivity contribution in [1.82, 2.24) is 9.62 Å². The quantitative estimate of drug-likeness (QED) is 0.584. The first-order chi connectivity index (χ1) is 13.0. The highest BCUT2D eigenvalue weighted by molar-refractivity contribution is 7.89. The number of hydrogen-bond acceptors (Lipinski definition) is 3. The van der Waals surface area contributed by atoms with Gasteiger partial charge in [0, 0.05) is 12.6 Å². The number of fused-ring (bicyclic) bond motifs is 1. The molecule has 0 radical (unpaired) electrons. The van der Waals surface area contributed by atoms with Crippen LogP contribution in [0, 0.1) is 0 Å².